The maximum absolute atomic E-state index is 12.6. The molecule has 0 aliphatic heterocycles. The van der Waals surface area contributed by atoms with Crippen molar-refractivity contribution in [2.45, 2.75) is 213 Å². The van der Waals surface area contributed by atoms with Crippen molar-refractivity contribution in [2.75, 3.05) is 26.4 Å². The van der Waals surface area contributed by atoms with Gasteiger partial charge in [0, 0.05) is 31.8 Å². The summed E-state index contributed by atoms with van der Waals surface area (Å²) in [5.41, 5.74) is 0. The van der Waals surface area contributed by atoms with E-state index in [2.05, 4.69) is 19.2 Å². The first kappa shape index (κ1) is 56.1. The standard InChI is InChI=1S/C41H78NO11P.Na/c1-3-5-7-9-11-13-15-17-19-21-23-25-27-29-40(46)50-35-37(36-52-54(48,49)51-34-33-42-38(43)31-32-39(44)45)53-41(47)30-28-26-24-22-20-18-16-14-12-10-8-6-4-2;/h37H,3-36H2,1-2H3,(H,42,43)(H,44,45)(H,48,49);/q;+1/p-1/t37-;/m0./s1. The molecular formula is C41H77NNaO11P. The van der Waals surface area contributed by atoms with Gasteiger partial charge in [-0.2, -0.15) is 0 Å². The molecule has 0 aliphatic rings. The molecule has 318 valence electrons. The van der Waals surface area contributed by atoms with Gasteiger partial charge in [0.05, 0.1) is 13.2 Å². The van der Waals surface area contributed by atoms with E-state index in [9.17, 15) is 33.7 Å². The smallest absolute Gasteiger partial charge is 0.550 e. The molecule has 12 nitrogen and oxygen atoms in total. The van der Waals surface area contributed by atoms with Gasteiger partial charge < -0.3 is 29.6 Å². The van der Waals surface area contributed by atoms with Gasteiger partial charge in [-0.1, -0.05) is 168 Å². The Morgan fingerprint density at radius 2 is 0.964 bits per heavy atom. The van der Waals surface area contributed by atoms with E-state index < -0.39 is 50.8 Å². The topological polar surface area (TPSA) is 178 Å². The van der Waals surface area contributed by atoms with Gasteiger partial charge in [-0.25, -0.2) is 4.57 Å². The van der Waals surface area contributed by atoms with Gasteiger partial charge in [0.2, 0.25) is 5.91 Å². The van der Waals surface area contributed by atoms with E-state index >= 15 is 0 Å². The van der Waals surface area contributed by atoms with Crippen LogP contribution >= 0.6 is 7.82 Å². The molecule has 0 spiro atoms. The summed E-state index contributed by atoms with van der Waals surface area (Å²) in [7, 11) is -4.61. The predicted octanol–water partition coefficient (Wildman–Crippen LogP) is 6.19. The number of rotatable bonds is 41. The quantitative estimate of drug-likeness (QED) is 0.0312. The largest absolute Gasteiger partial charge is 1.00 e. The summed E-state index contributed by atoms with van der Waals surface area (Å²) < 4.78 is 33.2. The number of phosphoric acid groups is 1. The molecule has 0 aromatic heterocycles. The summed E-state index contributed by atoms with van der Waals surface area (Å²) in [4.78, 5) is 57.3. The van der Waals surface area contributed by atoms with Gasteiger partial charge in [0.25, 0.3) is 0 Å². The first-order valence-electron chi connectivity index (χ1n) is 21.5. The monoisotopic (exact) mass is 814 g/mol. The van der Waals surface area contributed by atoms with Crippen LogP contribution in [-0.4, -0.2) is 61.2 Å². The fourth-order valence-corrected chi connectivity index (χ4v) is 6.81. The fourth-order valence-electron chi connectivity index (χ4n) is 6.06. The molecule has 0 saturated heterocycles. The van der Waals surface area contributed by atoms with Gasteiger partial charge in [0.15, 0.2) is 6.10 Å². The number of carboxylic acid groups (broad SMARTS) is 1. The summed E-state index contributed by atoms with van der Waals surface area (Å²) in [5, 5.41) is 12.8. The first-order chi connectivity index (χ1) is 26.1. The Balaban J connectivity index is 0. The maximum Gasteiger partial charge on any atom is 1.00 e. The van der Waals surface area contributed by atoms with E-state index in [-0.39, 0.29) is 68.6 Å². The van der Waals surface area contributed by atoms with Crippen LogP contribution in [-0.2, 0) is 42.3 Å². The molecule has 55 heavy (non-hydrogen) atoms. The zero-order valence-corrected chi connectivity index (χ0v) is 38.0. The number of amides is 1. The third kappa shape index (κ3) is 42.4. The minimum Gasteiger partial charge on any atom is -0.550 e. The number of carbonyl (C=O) groups is 4. The molecule has 1 unspecified atom stereocenters. The van der Waals surface area contributed by atoms with E-state index in [4.69, 9.17) is 18.5 Å². The van der Waals surface area contributed by atoms with Gasteiger partial charge >= 0.3 is 49.3 Å². The third-order valence-electron chi connectivity index (χ3n) is 9.36. The fraction of sp³-hybridized carbons (Fsp3) is 0.902. The number of carboxylic acids is 1. The normalized spacial score (nSPS) is 12.7. The Bertz CT molecular complexity index is 988. The molecule has 0 rings (SSSR count). The molecule has 2 atom stereocenters. The summed E-state index contributed by atoms with van der Waals surface area (Å²) >= 11 is 0. The van der Waals surface area contributed by atoms with E-state index in [1.165, 1.54) is 116 Å². The molecule has 0 fully saturated rings. The molecule has 0 bridgehead atoms. The number of ether oxygens (including phenoxy) is 2. The number of unbranched alkanes of at least 4 members (excludes halogenated alkanes) is 24. The van der Waals surface area contributed by atoms with Crippen LogP contribution in [0.4, 0.5) is 0 Å². The van der Waals surface area contributed by atoms with Crippen molar-refractivity contribution in [2.24, 2.45) is 0 Å². The summed E-state index contributed by atoms with van der Waals surface area (Å²) in [6, 6.07) is 0. The number of aliphatic carboxylic acids is 1. The molecule has 0 radical (unpaired) electrons. The zero-order chi connectivity index (χ0) is 40.0. The second-order valence-electron chi connectivity index (χ2n) is 14.6. The number of hydrogen-bond donors (Lipinski definition) is 2. The zero-order valence-electron chi connectivity index (χ0n) is 35.1. The van der Waals surface area contributed by atoms with Gasteiger partial charge in [0.1, 0.15) is 6.61 Å². The molecule has 0 saturated carbocycles. The van der Waals surface area contributed by atoms with Crippen LogP contribution in [0.5, 0.6) is 0 Å². The van der Waals surface area contributed by atoms with Gasteiger partial charge in [-0.3, -0.25) is 23.4 Å². The molecule has 0 aliphatic carbocycles. The predicted molar refractivity (Wildman–Crippen MR) is 210 cm³/mol. The molecule has 0 heterocycles. The Kier molecular flexibility index (Phi) is 42.0. The second-order valence-corrected chi connectivity index (χ2v) is 16.1. The number of carbonyl (C=O) groups excluding carboxylic acids is 4. The van der Waals surface area contributed by atoms with Gasteiger partial charge in [-0.15, -0.1) is 0 Å². The SMILES string of the molecule is CCCCCCCCCCCCCCCC(=O)OC[C@@H](COP(=O)(O)OCCNC(=O)CCC(=O)[O-])OC(=O)CCCCCCCCCCCCCCC.[Na+]. The van der Waals surface area contributed by atoms with Crippen molar-refractivity contribution in [1.29, 1.82) is 0 Å². The van der Waals surface area contributed by atoms with Crippen molar-refractivity contribution >= 4 is 31.6 Å². The first-order valence-corrected chi connectivity index (χ1v) is 23.0. The van der Waals surface area contributed by atoms with E-state index in [0.29, 0.717) is 12.8 Å². The average molecular weight is 814 g/mol. The minimum atomic E-state index is -4.61. The van der Waals surface area contributed by atoms with Crippen molar-refractivity contribution in [3.8, 4) is 0 Å². The number of nitrogens with one attached hydrogen (secondary N) is 1. The van der Waals surface area contributed by atoms with Crippen LogP contribution in [0.2, 0.25) is 0 Å². The minimum absolute atomic E-state index is 0. The molecular weight excluding hydrogens is 736 g/mol. The Hall–Kier alpha value is -1.01. The number of hydrogen-bond acceptors (Lipinski definition) is 10. The van der Waals surface area contributed by atoms with Crippen LogP contribution < -0.4 is 40.0 Å². The van der Waals surface area contributed by atoms with Crippen molar-refractivity contribution in [1.82, 2.24) is 5.32 Å². The average Bonchev–Trinajstić information content (AvgIpc) is 3.14. The Morgan fingerprint density at radius 1 is 0.564 bits per heavy atom. The molecule has 0 aromatic carbocycles. The number of esters is 2. The summed E-state index contributed by atoms with van der Waals surface area (Å²) in [6.07, 6.45) is 29.4. The Morgan fingerprint density at radius 3 is 1.38 bits per heavy atom. The maximum atomic E-state index is 12.6. The van der Waals surface area contributed by atoms with Crippen molar-refractivity contribution < 1.29 is 81.8 Å². The molecule has 1 amide bonds. The van der Waals surface area contributed by atoms with Crippen LogP contribution in [0, 0.1) is 0 Å². The molecule has 2 N–H and O–H groups in total. The second kappa shape index (κ2) is 41.2. The van der Waals surface area contributed by atoms with Crippen LogP contribution in [0.1, 0.15) is 206 Å². The van der Waals surface area contributed by atoms with Crippen LogP contribution in [0.25, 0.3) is 0 Å². The van der Waals surface area contributed by atoms with Crippen LogP contribution in [0.15, 0.2) is 0 Å². The Labute approximate surface area is 356 Å². The summed E-state index contributed by atoms with van der Waals surface area (Å²) in [6.45, 7) is 3.06. The van der Waals surface area contributed by atoms with Crippen molar-refractivity contribution in [3.05, 3.63) is 0 Å². The van der Waals surface area contributed by atoms with E-state index in [1.54, 1.807) is 0 Å². The van der Waals surface area contributed by atoms with Gasteiger partial charge in [-0.05, 0) is 19.3 Å². The third-order valence-corrected chi connectivity index (χ3v) is 10.3. The van der Waals surface area contributed by atoms with E-state index in [0.717, 1.165) is 38.5 Å². The molecule has 0 aromatic rings. The van der Waals surface area contributed by atoms with Crippen molar-refractivity contribution in [3.63, 3.8) is 0 Å². The van der Waals surface area contributed by atoms with E-state index in [1.807, 2.05) is 0 Å². The van der Waals surface area contributed by atoms with Crippen LogP contribution in [0.3, 0.4) is 0 Å². The number of phosphoric ester groups is 1. The summed E-state index contributed by atoms with van der Waals surface area (Å²) in [5.74, 6) is -2.88. The molecule has 14 heteroatoms.